The minimum absolute atomic E-state index is 0.189. The quantitative estimate of drug-likeness (QED) is 0.918. The zero-order valence-electron chi connectivity index (χ0n) is 13.0. The summed E-state index contributed by atoms with van der Waals surface area (Å²) in [5.74, 6) is 0. The van der Waals surface area contributed by atoms with Gasteiger partial charge in [-0.3, -0.25) is 0 Å². The smallest absolute Gasteiger partial charge is 0.242 e. The molecule has 1 saturated carbocycles. The van der Waals surface area contributed by atoms with Gasteiger partial charge in [0.1, 0.15) is 0 Å². The Hall–Kier alpha value is -1.11. The number of benzene rings is 1. The van der Waals surface area contributed by atoms with E-state index in [0.717, 1.165) is 18.5 Å². The second-order valence-electron chi connectivity index (χ2n) is 5.91. The van der Waals surface area contributed by atoms with Crippen molar-refractivity contribution < 1.29 is 8.42 Å². The van der Waals surface area contributed by atoms with Crippen LogP contribution in [0.3, 0.4) is 0 Å². The molecule has 1 aromatic rings. The van der Waals surface area contributed by atoms with E-state index in [2.05, 4.69) is 4.90 Å². The molecule has 1 aliphatic rings. The van der Waals surface area contributed by atoms with Crippen LogP contribution in [-0.4, -0.2) is 45.9 Å². The summed E-state index contributed by atoms with van der Waals surface area (Å²) in [5.41, 5.74) is 7.22. The zero-order valence-corrected chi connectivity index (χ0v) is 13.8. The van der Waals surface area contributed by atoms with Crippen LogP contribution in [0.2, 0.25) is 0 Å². The molecule has 2 unspecified atom stereocenters. The molecule has 0 aliphatic heterocycles. The third-order valence-electron chi connectivity index (χ3n) is 4.30. The first kappa shape index (κ1) is 16.3. The average Bonchev–Trinajstić information content (AvgIpc) is 2.47. The Kier molecular flexibility index (Phi) is 4.91. The van der Waals surface area contributed by atoms with Crippen LogP contribution < -0.4 is 10.6 Å². The largest absolute Gasteiger partial charge is 0.370 e. The molecule has 0 amide bonds. The van der Waals surface area contributed by atoms with Crippen molar-refractivity contribution in [3.63, 3.8) is 0 Å². The summed E-state index contributed by atoms with van der Waals surface area (Å²) in [7, 11) is 1.74. The van der Waals surface area contributed by atoms with Gasteiger partial charge in [0, 0.05) is 38.9 Å². The molecule has 118 valence electrons. The maximum Gasteiger partial charge on any atom is 0.242 e. The van der Waals surface area contributed by atoms with Crippen molar-refractivity contribution in [3.8, 4) is 0 Å². The number of rotatable bonds is 4. The summed E-state index contributed by atoms with van der Waals surface area (Å²) in [4.78, 5) is 2.49. The highest BCUT2D eigenvalue weighted by atomic mass is 32.2. The third-order valence-corrected chi connectivity index (χ3v) is 6.13. The van der Waals surface area contributed by atoms with Crippen molar-refractivity contribution in [2.45, 2.75) is 42.7 Å². The number of nitrogens with two attached hydrogens (primary N) is 1. The van der Waals surface area contributed by atoms with E-state index in [-0.39, 0.29) is 6.04 Å². The van der Waals surface area contributed by atoms with E-state index in [4.69, 9.17) is 5.73 Å². The van der Waals surface area contributed by atoms with E-state index in [1.807, 2.05) is 19.2 Å². The number of likely N-dealkylation sites (N-methyl/N-ethyl adjacent to an activating group) is 1. The Morgan fingerprint density at radius 3 is 2.14 bits per heavy atom. The molecule has 0 bridgehead atoms. The van der Waals surface area contributed by atoms with Crippen LogP contribution in [0.15, 0.2) is 29.2 Å². The second-order valence-corrected chi connectivity index (χ2v) is 8.06. The van der Waals surface area contributed by atoms with Crippen LogP contribution in [0.25, 0.3) is 0 Å². The van der Waals surface area contributed by atoms with Gasteiger partial charge in [-0.15, -0.1) is 0 Å². The third kappa shape index (κ3) is 3.39. The number of hydrogen-bond donors (Lipinski definition) is 1. The van der Waals surface area contributed by atoms with Gasteiger partial charge in [-0.25, -0.2) is 12.7 Å². The molecule has 0 heterocycles. The van der Waals surface area contributed by atoms with Gasteiger partial charge >= 0.3 is 0 Å². The fraction of sp³-hybridized carbons (Fsp3) is 0.600. The van der Waals surface area contributed by atoms with Crippen molar-refractivity contribution in [1.82, 2.24) is 4.31 Å². The summed E-state index contributed by atoms with van der Waals surface area (Å²) in [6.45, 7) is 0. The van der Waals surface area contributed by atoms with Gasteiger partial charge in [0.15, 0.2) is 0 Å². The summed E-state index contributed by atoms with van der Waals surface area (Å²) in [6.07, 6.45) is 4.55. The summed E-state index contributed by atoms with van der Waals surface area (Å²) in [5, 5.41) is 0. The first-order chi connectivity index (χ1) is 9.84. The van der Waals surface area contributed by atoms with Gasteiger partial charge in [0.2, 0.25) is 10.0 Å². The van der Waals surface area contributed by atoms with Crippen molar-refractivity contribution >= 4 is 15.7 Å². The molecule has 21 heavy (non-hydrogen) atoms. The minimum atomic E-state index is -3.36. The van der Waals surface area contributed by atoms with E-state index in [1.165, 1.54) is 31.2 Å². The Morgan fingerprint density at radius 2 is 1.62 bits per heavy atom. The maximum absolute atomic E-state index is 12.1. The average molecular weight is 311 g/mol. The lowest BCUT2D eigenvalue weighted by Crippen LogP contribution is -2.48. The van der Waals surface area contributed by atoms with Gasteiger partial charge in [-0.2, -0.15) is 0 Å². The molecule has 2 atom stereocenters. The maximum atomic E-state index is 12.1. The molecule has 0 aromatic heterocycles. The number of sulfonamides is 1. The molecule has 1 aliphatic carbocycles. The Labute approximate surface area is 127 Å². The Balaban J connectivity index is 2.19. The SMILES string of the molecule is CN(c1ccc(S(=O)(=O)N(C)C)cc1)C1CCCCC1N. The van der Waals surface area contributed by atoms with Crippen molar-refractivity contribution in [1.29, 1.82) is 0 Å². The van der Waals surface area contributed by atoms with Crippen molar-refractivity contribution in [2.24, 2.45) is 5.73 Å². The zero-order chi connectivity index (χ0) is 15.6. The van der Waals surface area contributed by atoms with Crippen LogP contribution in [0.4, 0.5) is 5.69 Å². The van der Waals surface area contributed by atoms with Gasteiger partial charge in [-0.05, 0) is 37.1 Å². The molecule has 5 nitrogen and oxygen atoms in total. The normalized spacial score (nSPS) is 23.3. The number of nitrogens with zero attached hydrogens (tertiary/aromatic N) is 2. The fourth-order valence-electron chi connectivity index (χ4n) is 2.88. The van der Waals surface area contributed by atoms with Crippen LogP contribution in [0, 0.1) is 0 Å². The highest BCUT2D eigenvalue weighted by molar-refractivity contribution is 7.89. The predicted molar refractivity (Wildman–Crippen MR) is 85.9 cm³/mol. The number of anilines is 1. The number of hydrogen-bond acceptors (Lipinski definition) is 4. The monoisotopic (exact) mass is 311 g/mol. The summed E-state index contributed by atoms with van der Waals surface area (Å²) < 4.78 is 25.3. The van der Waals surface area contributed by atoms with E-state index in [9.17, 15) is 8.42 Å². The molecule has 0 radical (unpaired) electrons. The van der Waals surface area contributed by atoms with Crippen molar-refractivity contribution in [2.75, 3.05) is 26.0 Å². The molecular formula is C15H25N3O2S. The Morgan fingerprint density at radius 1 is 1.05 bits per heavy atom. The molecule has 2 N–H and O–H groups in total. The molecule has 6 heteroatoms. The van der Waals surface area contributed by atoms with Crippen LogP contribution >= 0.6 is 0 Å². The van der Waals surface area contributed by atoms with E-state index < -0.39 is 10.0 Å². The lowest BCUT2D eigenvalue weighted by atomic mass is 9.90. The summed E-state index contributed by atoms with van der Waals surface area (Å²) in [6, 6.07) is 7.56. The van der Waals surface area contributed by atoms with Gasteiger partial charge in [-0.1, -0.05) is 12.8 Å². The van der Waals surface area contributed by atoms with Crippen molar-refractivity contribution in [3.05, 3.63) is 24.3 Å². The van der Waals surface area contributed by atoms with Crippen LogP contribution in [-0.2, 0) is 10.0 Å². The van der Waals surface area contributed by atoms with Crippen LogP contribution in [0.5, 0.6) is 0 Å². The highest BCUT2D eigenvalue weighted by Crippen LogP contribution is 2.26. The first-order valence-electron chi connectivity index (χ1n) is 7.35. The molecule has 2 rings (SSSR count). The lowest BCUT2D eigenvalue weighted by molar-refractivity contribution is 0.373. The molecule has 0 spiro atoms. The lowest BCUT2D eigenvalue weighted by Gasteiger charge is -2.37. The summed E-state index contributed by atoms with van der Waals surface area (Å²) >= 11 is 0. The first-order valence-corrected chi connectivity index (χ1v) is 8.79. The predicted octanol–water partition coefficient (Wildman–Crippen LogP) is 1.64. The van der Waals surface area contributed by atoms with E-state index in [1.54, 1.807) is 12.1 Å². The van der Waals surface area contributed by atoms with Gasteiger partial charge < -0.3 is 10.6 Å². The molecule has 0 saturated heterocycles. The molecule has 1 fully saturated rings. The molecule has 1 aromatic carbocycles. The van der Waals surface area contributed by atoms with Gasteiger partial charge in [0.05, 0.1) is 4.90 Å². The van der Waals surface area contributed by atoms with Crippen LogP contribution in [0.1, 0.15) is 25.7 Å². The fourth-order valence-corrected chi connectivity index (χ4v) is 3.78. The second kappa shape index (κ2) is 6.34. The van der Waals surface area contributed by atoms with E-state index in [0.29, 0.717) is 10.9 Å². The van der Waals surface area contributed by atoms with Gasteiger partial charge in [0.25, 0.3) is 0 Å². The topological polar surface area (TPSA) is 66.6 Å². The minimum Gasteiger partial charge on any atom is -0.370 e. The standard InChI is InChI=1S/C15H25N3O2S/c1-17(2)21(19,20)13-10-8-12(9-11-13)18(3)15-7-5-4-6-14(15)16/h8-11,14-15H,4-7,16H2,1-3H3. The Bertz CT molecular complexity index is 569. The molecular weight excluding hydrogens is 286 g/mol. The highest BCUT2D eigenvalue weighted by Gasteiger charge is 2.26. The van der Waals surface area contributed by atoms with E-state index >= 15 is 0 Å².